The SMILES string of the molecule is CN(C)CC1CC(O)CN1CCOc1ccccc1F. The number of rotatable bonds is 6. The van der Waals surface area contributed by atoms with Gasteiger partial charge in [0.1, 0.15) is 6.61 Å². The number of para-hydroxylation sites is 1. The molecule has 20 heavy (non-hydrogen) atoms. The number of β-amino-alcohol motifs (C(OH)–C–C–N with tert-alkyl or cyclic N) is 1. The van der Waals surface area contributed by atoms with Crippen molar-refractivity contribution in [3.63, 3.8) is 0 Å². The number of benzene rings is 1. The second kappa shape index (κ2) is 7.02. The monoisotopic (exact) mass is 282 g/mol. The maximum atomic E-state index is 13.4. The third kappa shape index (κ3) is 4.16. The second-order valence-corrected chi connectivity index (χ2v) is 5.58. The van der Waals surface area contributed by atoms with Crippen LogP contribution in [0.5, 0.6) is 5.75 Å². The summed E-state index contributed by atoms with van der Waals surface area (Å²) in [5, 5.41) is 9.78. The van der Waals surface area contributed by atoms with Gasteiger partial charge in [-0.2, -0.15) is 0 Å². The summed E-state index contributed by atoms with van der Waals surface area (Å²) in [6, 6.07) is 6.76. The molecule has 112 valence electrons. The number of ether oxygens (including phenoxy) is 1. The molecule has 1 aliphatic heterocycles. The fourth-order valence-electron chi connectivity index (χ4n) is 2.68. The van der Waals surface area contributed by atoms with E-state index in [0.717, 1.165) is 13.0 Å². The highest BCUT2D eigenvalue weighted by molar-refractivity contribution is 5.23. The lowest BCUT2D eigenvalue weighted by molar-refractivity contribution is 0.153. The minimum atomic E-state index is -0.334. The lowest BCUT2D eigenvalue weighted by atomic mass is 10.2. The zero-order valence-electron chi connectivity index (χ0n) is 12.1. The first-order chi connectivity index (χ1) is 9.56. The van der Waals surface area contributed by atoms with Crippen molar-refractivity contribution in [1.29, 1.82) is 0 Å². The average Bonchev–Trinajstić information content (AvgIpc) is 2.71. The molecule has 2 rings (SSSR count). The summed E-state index contributed by atoms with van der Waals surface area (Å²) in [6.45, 7) is 2.71. The van der Waals surface area contributed by atoms with Crippen LogP contribution in [0.1, 0.15) is 6.42 Å². The fourth-order valence-corrected chi connectivity index (χ4v) is 2.68. The van der Waals surface area contributed by atoms with Gasteiger partial charge in [0.15, 0.2) is 11.6 Å². The standard InChI is InChI=1S/C15H23FN2O2/c1-17(2)10-12-9-13(19)11-18(12)7-8-20-15-6-4-3-5-14(15)16/h3-6,12-13,19H,7-11H2,1-2H3. The number of likely N-dealkylation sites (N-methyl/N-ethyl adjacent to an activating group) is 1. The van der Waals surface area contributed by atoms with Crippen LogP contribution in [0.3, 0.4) is 0 Å². The van der Waals surface area contributed by atoms with Gasteiger partial charge in [0, 0.05) is 25.7 Å². The molecule has 1 heterocycles. The number of aliphatic hydroxyl groups excluding tert-OH is 1. The van der Waals surface area contributed by atoms with Gasteiger partial charge in [-0.15, -0.1) is 0 Å². The Morgan fingerprint density at radius 2 is 2.15 bits per heavy atom. The second-order valence-electron chi connectivity index (χ2n) is 5.58. The molecule has 5 heteroatoms. The largest absolute Gasteiger partial charge is 0.489 e. The van der Waals surface area contributed by atoms with Crippen molar-refractivity contribution in [2.75, 3.05) is 40.3 Å². The third-order valence-corrected chi connectivity index (χ3v) is 3.55. The molecule has 1 N–H and O–H groups in total. The molecule has 0 saturated carbocycles. The third-order valence-electron chi connectivity index (χ3n) is 3.55. The normalized spacial score (nSPS) is 23.4. The van der Waals surface area contributed by atoms with Gasteiger partial charge < -0.3 is 14.7 Å². The molecule has 0 amide bonds. The molecular formula is C15H23FN2O2. The lowest BCUT2D eigenvalue weighted by Crippen LogP contribution is -2.39. The van der Waals surface area contributed by atoms with E-state index in [1.807, 2.05) is 14.1 Å². The Balaban J connectivity index is 1.82. The van der Waals surface area contributed by atoms with E-state index in [0.29, 0.717) is 25.7 Å². The van der Waals surface area contributed by atoms with Crippen LogP contribution < -0.4 is 4.74 Å². The number of likely N-dealkylation sites (tertiary alicyclic amines) is 1. The van der Waals surface area contributed by atoms with E-state index >= 15 is 0 Å². The summed E-state index contributed by atoms with van der Waals surface area (Å²) in [5.41, 5.74) is 0. The fraction of sp³-hybridized carbons (Fsp3) is 0.600. The van der Waals surface area contributed by atoms with Crippen LogP contribution in [-0.4, -0.2) is 67.4 Å². The van der Waals surface area contributed by atoms with E-state index < -0.39 is 0 Å². The Labute approximate surface area is 119 Å². The van der Waals surface area contributed by atoms with Crippen molar-refractivity contribution < 1.29 is 14.2 Å². The van der Waals surface area contributed by atoms with Crippen LogP contribution in [-0.2, 0) is 0 Å². The van der Waals surface area contributed by atoms with Crippen molar-refractivity contribution in [2.24, 2.45) is 0 Å². The maximum absolute atomic E-state index is 13.4. The number of hydrogen-bond acceptors (Lipinski definition) is 4. The molecule has 0 bridgehead atoms. The molecule has 1 aromatic carbocycles. The molecule has 0 aliphatic carbocycles. The summed E-state index contributed by atoms with van der Waals surface area (Å²) < 4.78 is 18.9. The van der Waals surface area contributed by atoms with Crippen LogP contribution in [0.25, 0.3) is 0 Å². The van der Waals surface area contributed by atoms with E-state index in [1.54, 1.807) is 18.2 Å². The van der Waals surface area contributed by atoms with Gasteiger partial charge in [-0.3, -0.25) is 4.90 Å². The molecule has 0 aromatic heterocycles. The van der Waals surface area contributed by atoms with Gasteiger partial charge in [0.25, 0.3) is 0 Å². The van der Waals surface area contributed by atoms with Gasteiger partial charge >= 0.3 is 0 Å². The smallest absolute Gasteiger partial charge is 0.165 e. The van der Waals surface area contributed by atoms with Crippen LogP contribution in [0.4, 0.5) is 4.39 Å². The van der Waals surface area contributed by atoms with Crippen LogP contribution in [0.15, 0.2) is 24.3 Å². The number of halogens is 1. The maximum Gasteiger partial charge on any atom is 0.165 e. The highest BCUT2D eigenvalue weighted by atomic mass is 19.1. The highest BCUT2D eigenvalue weighted by Gasteiger charge is 2.30. The minimum Gasteiger partial charge on any atom is -0.489 e. The van der Waals surface area contributed by atoms with Gasteiger partial charge in [0.2, 0.25) is 0 Å². The lowest BCUT2D eigenvalue weighted by Gasteiger charge is -2.26. The zero-order chi connectivity index (χ0) is 14.5. The Bertz CT molecular complexity index is 428. The zero-order valence-corrected chi connectivity index (χ0v) is 12.1. The Kier molecular flexibility index (Phi) is 5.34. The van der Waals surface area contributed by atoms with E-state index in [-0.39, 0.29) is 17.7 Å². The molecule has 1 saturated heterocycles. The van der Waals surface area contributed by atoms with Crippen molar-refractivity contribution in [1.82, 2.24) is 9.80 Å². The molecule has 1 aromatic rings. The van der Waals surface area contributed by atoms with Crippen molar-refractivity contribution in [3.8, 4) is 5.75 Å². The van der Waals surface area contributed by atoms with Crippen LogP contribution in [0, 0.1) is 5.82 Å². The van der Waals surface area contributed by atoms with Gasteiger partial charge in [-0.1, -0.05) is 12.1 Å². The van der Waals surface area contributed by atoms with E-state index in [2.05, 4.69) is 9.80 Å². The topological polar surface area (TPSA) is 35.9 Å². The molecule has 2 atom stereocenters. The Morgan fingerprint density at radius 1 is 1.40 bits per heavy atom. The van der Waals surface area contributed by atoms with Gasteiger partial charge in [0.05, 0.1) is 6.10 Å². The van der Waals surface area contributed by atoms with Crippen LogP contribution >= 0.6 is 0 Å². The quantitative estimate of drug-likeness (QED) is 0.850. The Morgan fingerprint density at radius 3 is 2.85 bits per heavy atom. The first kappa shape index (κ1) is 15.2. The summed E-state index contributed by atoms with van der Waals surface area (Å²) in [5.74, 6) is -0.0461. The molecule has 1 fully saturated rings. The van der Waals surface area contributed by atoms with Gasteiger partial charge in [-0.25, -0.2) is 4.39 Å². The Hall–Kier alpha value is -1.17. The minimum absolute atomic E-state index is 0.270. The van der Waals surface area contributed by atoms with E-state index in [1.165, 1.54) is 6.07 Å². The predicted molar refractivity (Wildman–Crippen MR) is 76.4 cm³/mol. The summed E-state index contributed by atoms with van der Waals surface area (Å²) >= 11 is 0. The molecular weight excluding hydrogens is 259 g/mol. The first-order valence-corrected chi connectivity index (χ1v) is 7.00. The number of aliphatic hydroxyl groups is 1. The number of nitrogens with zero attached hydrogens (tertiary/aromatic N) is 2. The van der Waals surface area contributed by atoms with Crippen molar-refractivity contribution in [2.45, 2.75) is 18.6 Å². The summed E-state index contributed by atoms with van der Waals surface area (Å²) in [6.07, 6.45) is 0.520. The molecule has 1 aliphatic rings. The number of hydrogen-bond donors (Lipinski definition) is 1. The summed E-state index contributed by atoms with van der Waals surface area (Å²) in [4.78, 5) is 4.33. The average molecular weight is 282 g/mol. The van der Waals surface area contributed by atoms with E-state index in [4.69, 9.17) is 4.74 Å². The van der Waals surface area contributed by atoms with E-state index in [9.17, 15) is 9.50 Å². The molecule has 2 unspecified atom stereocenters. The predicted octanol–water partition coefficient (Wildman–Crippen LogP) is 1.20. The summed E-state index contributed by atoms with van der Waals surface area (Å²) in [7, 11) is 4.05. The van der Waals surface area contributed by atoms with Crippen LogP contribution in [0.2, 0.25) is 0 Å². The molecule has 0 radical (unpaired) electrons. The highest BCUT2D eigenvalue weighted by Crippen LogP contribution is 2.19. The van der Waals surface area contributed by atoms with Crippen molar-refractivity contribution in [3.05, 3.63) is 30.1 Å². The van der Waals surface area contributed by atoms with Gasteiger partial charge in [-0.05, 0) is 32.6 Å². The first-order valence-electron chi connectivity index (χ1n) is 7.00. The molecule has 4 nitrogen and oxygen atoms in total. The van der Waals surface area contributed by atoms with Crippen molar-refractivity contribution >= 4 is 0 Å². The molecule has 0 spiro atoms.